The lowest BCUT2D eigenvalue weighted by Crippen LogP contribution is -2.51. The van der Waals surface area contributed by atoms with Crippen molar-refractivity contribution in [3.63, 3.8) is 0 Å². The molecule has 0 fully saturated rings. The van der Waals surface area contributed by atoms with Gasteiger partial charge in [-0.2, -0.15) is 0 Å². The normalized spacial score (nSPS) is 14.4. The summed E-state index contributed by atoms with van der Waals surface area (Å²) in [7, 11) is 17.9. The molecule has 2 heterocycles. The topological polar surface area (TPSA) is 110 Å². The van der Waals surface area contributed by atoms with E-state index in [0.29, 0.717) is 12.8 Å². The highest BCUT2D eigenvalue weighted by atomic mass is 33.1. The predicted octanol–water partition coefficient (Wildman–Crippen LogP) is 1.36. The highest BCUT2D eigenvalue weighted by Gasteiger charge is 2.35. The number of nitrogens with zero attached hydrogens (tertiary/aromatic N) is 6. The van der Waals surface area contributed by atoms with E-state index in [1.54, 1.807) is 12.7 Å². The minimum atomic E-state index is -0.860. The van der Waals surface area contributed by atoms with Gasteiger partial charge in [-0.15, -0.1) is 0 Å². The molecule has 10 nitrogen and oxygen atoms in total. The van der Waals surface area contributed by atoms with Gasteiger partial charge in [0.15, 0.2) is 12.1 Å². The van der Waals surface area contributed by atoms with E-state index in [0.717, 1.165) is 21.4 Å². The van der Waals surface area contributed by atoms with Crippen molar-refractivity contribution in [1.29, 1.82) is 0 Å². The highest BCUT2D eigenvalue weighted by molar-refractivity contribution is 8.76. The van der Waals surface area contributed by atoms with Crippen LogP contribution in [-0.2, 0) is 36.5 Å². The quantitative estimate of drug-likeness (QED) is 0.362. The standard InChI is InChI=1S/C20H32N6O4S2/c1-23-11-21-13(9-15(19(27)28)25(3,4)5)17(23)31-32-18-14(22-12-24(18)2)10-16(20(29)30)26(6,7)8/h11-12,15-16H,9-10H2,1-8H3/p+2. The fourth-order valence-corrected chi connectivity index (χ4v) is 5.97. The molecule has 0 aliphatic heterocycles. The van der Waals surface area contributed by atoms with E-state index < -0.39 is 24.0 Å². The molecule has 32 heavy (non-hydrogen) atoms. The van der Waals surface area contributed by atoms with Crippen LogP contribution in [0.2, 0.25) is 0 Å². The minimum Gasteiger partial charge on any atom is -0.477 e. The molecule has 0 amide bonds. The van der Waals surface area contributed by atoms with Gasteiger partial charge in [0.05, 0.1) is 79.2 Å². The molecule has 2 N–H and O–H groups in total. The molecule has 12 heteroatoms. The molecule has 2 atom stereocenters. The molecular weight excluding hydrogens is 452 g/mol. The summed E-state index contributed by atoms with van der Waals surface area (Å²) < 4.78 is 4.33. The fourth-order valence-electron chi connectivity index (χ4n) is 3.26. The van der Waals surface area contributed by atoms with Crippen molar-refractivity contribution in [2.75, 3.05) is 42.3 Å². The molecule has 0 saturated heterocycles. The Morgan fingerprint density at radius 3 is 1.38 bits per heavy atom. The third kappa shape index (κ3) is 6.27. The SMILES string of the molecule is Cn1cnc(CC(C(=O)O)[N+](C)(C)C)c1SSc1c(CC(C(=O)O)[N+](C)(C)C)ncn1C. The third-order valence-electron chi connectivity index (χ3n) is 5.32. The van der Waals surface area contributed by atoms with Crippen molar-refractivity contribution in [3.05, 3.63) is 24.0 Å². The number of hydrogen-bond donors (Lipinski definition) is 2. The lowest BCUT2D eigenvalue weighted by atomic mass is 10.1. The van der Waals surface area contributed by atoms with Gasteiger partial charge in [0.1, 0.15) is 10.1 Å². The monoisotopic (exact) mass is 486 g/mol. The summed E-state index contributed by atoms with van der Waals surface area (Å²) in [6, 6.07) is -1.25. The van der Waals surface area contributed by atoms with Crippen molar-refractivity contribution in [3.8, 4) is 0 Å². The van der Waals surface area contributed by atoms with Crippen LogP contribution < -0.4 is 0 Å². The first-order valence-electron chi connectivity index (χ1n) is 10.1. The first-order valence-corrected chi connectivity index (χ1v) is 12.2. The van der Waals surface area contributed by atoms with Crippen LogP contribution in [0.5, 0.6) is 0 Å². The molecule has 0 radical (unpaired) electrons. The van der Waals surface area contributed by atoms with Crippen LogP contribution in [0, 0.1) is 0 Å². The van der Waals surface area contributed by atoms with Crippen LogP contribution in [0.15, 0.2) is 22.7 Å². The van der Waals surface area contributed by atoms with Gasteiger partial charge in [0.2, 0.25) is 0 Å². The number of aryl methyl sites for hydroxylation is 2. The van der Waals surface area contributed by atoms with Gasteiger partial charge >= 0.3 is 11.9 Å². The molecule has 0 spiro atoms. The Kier molecular flexibility index (Phi) is 8.08. The summed E-state index contributed by atoms with van der Waals surface area (Å²) in [6.07, 6.45) is 4.00. The van der Waals surface area contributed by atoms with Crippen LogP contribution in [0.3, 0.4) is 0 Å². The lowest BCUT2D eigenvalue weighted by Gasteiger charge is -2.31. The smallest absolute Gasteiger partial charge is 0.362 e. The third-order valence-corrected chi connectivity index (χ3v) is 7.96. The Morgan fingerprint density at radius 2 is 1.12 bits per heavy atom. The van der Waals surface area contributed by atoms with Crippen molar-refractivity contribution < 1.29 is 28.8 Å². The number of quaternary nitrogens is 2. The average Bonchev–Trinajstić information content (AvgIpc) is 3.15. The molecule has 2 unspecified atom stereocenters. The van der Waals surface area contributed by atoms with Crippen LogP contribution in [0.1, 0.15) is 11.4 Å². The number of aliphatic carboxylic acids is 2. The summed E-state index contributed by atoms with van der Waals surface area (Å²) in [5.74, 6) is -1.72. The molecule has 2 aromatic heterocycles. The number of imidazole rings is 2. The number of hydrogen-bond acceptors (Lipinski definition) is 6. The zero-order valence-corrected chi connectivity index (χ0v) is 21.6. The zero-order valence-electron chi connectivity index (χ0n) is 19.9. The average molecular weight is 487 g/mol. The Bertz CT molecular complexity index is 896. The van der Waals surface area contributed by atoms with E-state index in [4.69, 9.17) is 0 Å². The second kappa shape index (κ2) is 9.86. The summed E-state index contributed by atoms with van der Waals surface area (Å²) in [5, 5.41) is 21.1. The van der Waals surface area contributed by atoms with Crippen molar-refractivity contribution in [2.24, 2.45) is 14.1 Å². The molecule has 0 aliphatic carbocycles. The van der Waals surface area contributed by atoms with Gasteiger partial charge in [-0.25, -0.2) is 19.6 Å². The van der Waals surface area contributed by atoms with Crippen LogP contribution >= 0.6 is 21.6 Å². The highest BCUT2D eigenvalue weighted by Crippen LogP contribution is 2.40. The molecule has 0 aromatic carbocycles. The van der Waals surface area contributed by atoms with Gasteiger partial charge in [-0.3, -0.25) is 0 Å². The maximum atomic E-state index is 11.8. The zero-order chi connectivity index (χ0) is 24.4. The van der Waals surface area contributed by atoms with Crippen LogP contribution in [0.25, 0.3) is 0 Å². The maximum Gasteiger partial charge on any atom is 0.362 e. The van der Waals surface area contributed by atoms with Gasteiger partial charge in [0, 0.05) is 14.1 Å². The van der Waals surface area contributed by atoms with E-state index >= 15 is 0 Å². The first-order chi connectivity index (χ1) is 14.6. The Morgan fingerprint density at radius 1 is 0.812 bits per heavy atom. The molecule has 0 bridgehead atoms. The molecule has 2 rings (SSSR count). The predicted molar refractivity (Wildman–Crippen MR) is 124 cm³/mol. The second-order valence-corrected chi connectivity index (χ2v) is 11.8. The van der Waals surface area contributed by atoms with Gasteiger partial charge in [-0.1, -0.05) is 0 Å². The molecule has 0 aliphatic rings. The number of likely N-dealkylation sites (N-methyl/N-ethyl adjacent to an activating group) is 2. The van der Waals surface area contributed by atoms with E-state index in [1.807, 2.05) is 65.5 Å². The molecular formula is C20H34N6O4S2+2. The Hall–Kier alpha value is -2.02. The van der Waals surface area contributed by atoms with Crippen LogP contribution in [-0.4, -0.2) is 105 Å². The number of aromatic nitrogens is 4. The number of carboxylic acids is 2. The van der Waals surface area contributed by atoms with Crippen LogP contribution in [0.4, 0.5) is 0 Å². The second-order valence-electron chi connectivity index (χ2n) is 9.73. The maximum absolute atomic E-state index is 11.8. The van der Waals surface area contributed by atoms with Crippen molar-refractivity contribution >= 4 is 33.5 Å². The molecule has 0 saturated carbocycles. The van der Waals surface area contributed by atoms with Gasteiger partial charge < -0.3 is 28.3 Å². The summed E-state index contributed by atoms with van der Waals surface area (Å²) in [4.78, 5) is 32.5. The minimum absolute atomic E-state index is 0.288. The molecule has 178 valence electrons. The number of carbonyl (C=O) groups is 2. The Balaban J connectivity index is 2.26. The van der Waals surface area contributed by atoms with E-state index in [9.17, 15) is 19.8 Å². The first kappa shape index (κ1) is 26.2. The van der Waals surface area contributed by atoms with Crippen molar-refractivity contribution in [1.82, 2.24) is 19.1 Å². The molecule has 2 aromatic rings. The van der Waals surface area contributed by atoms with Crippen molar-refractivity contribution in [2.45, 2.75) is 35.0 Å². The fraction of sp³-hybridized carbons (Fsp3) is 0.600. The largest absolute Gasteiger partial charge is 0.477 e. The van der Waals surface area contributed by atoms with E-state index in [2.05, 4.69) is 9.97 Å². The van der Waals surface area contributed by atoms with E-state index in [-0.39, 0.29) is 8.97 Å². The number of carboxylic acid groups (broad SMARTS) is 2. The summed E-state index contributed by atoms with van der Waals surface area (Å²) >= 11 is 0. The van der Waals surface area contributed by atoms with Gasteiger partial charge in [0.25, 0.3) is 0 Å². The van der Waals surface area contributed by atoms with Gasteiger partial charge in [-0.05, 0) is 21.6 Å². The number of rotatable bonds is 11. The lowest BCUT2D eigenvalue weighted by molar-refractivity contribution is -0.887. The Labute approximate surface area is 196 Å². The summed E-state index contributed by atoms with van der Waals surface area (Å²) in [5.41, 5.74) is 1.45. The summed E-state index contributed by atoms with van der Waals surface area (Å²) in [6.45, 7) is 0. The van der Waals surface area contributed by atoms with E-state index in [1.165, 1.54) is 21.6 Å².